The molecule has 0 saturated heterocycles. The Kier molecular flexibility index (Phi) is 5.62. The highest BCUT2D eigenvalue weighted by Gasteiger charge is 2.04. The van der Waals surface area contributed by atoms with Crippen molar-refractivity contribution < 1.29 is 0 Å². The maximum atomic E-state index is 4.57. The fraction of sp³-hybridized carbons (Fsp3) is 0.412. The van der Waals surface area contributed by atoms with Crippen molar-refractivity contribution in [1.29, 1.82) is 0 Å². The molecule has 0 aliphatic heterocycles. The standard InChI is InChI=1S/C17H23N3S/c1-5-6-18-17-19-14(4)10-16(20-17)21-11-15-8-12(2)7-13(3)9-15/h7-10H,5-6,11H2,1-4H3,(H,18,19,20). The molecule has 1 heterocycles. The lowest BCUT2D eigenvalue weighted by molar-refractivity contribution is 0.924. The Bertz CT molecular complexity index is 591. The Morgan fingerprint density at radius 1 is 1.00 bits per heavy atom. The van der Waals surface area contributed by atoms with Crippen LogP contribution in [-0.2, 0) is 5.75 Å². The molecule has 3 nitrogen and oxygen atoms in total. The van der Waals surface area contributed by atoms with Gasteiger partial charge in [0.2, 0.25) is 5.95 Å². The van der Waals surface area contributed by atoms with E-state index in [0.29, 0.717) is 0 Å². The maximum Gasteiger partial charge on any atom is 0.223 e. The van der Waals surface area contributed by atoms with E-state index < -0.39 is 0 Å². The molecule has 1 aromatic carbocycles. The summed E-state index contributed by atoms with van der Waals surface area (Å²) in [5, 5.41) is 4.28. The second-order valence-electron chi connectivity index (χ2n) is 5.38. The van der Waals surface area contributed by atoms with Gasteiger partial charge in [-0.25, -0.2) is 9.97 Å². The molecule has 0 amide bonds. The summed E-state index contributed by atoms with van der Waals surface area (Å²) >= 11 is 1.76. The number of benzene rings is 1. The Balaban J connectivity index is 2.06. The van der Waals surface area contributed by atoms with Crippen molar-refractivity contribution in [2.75, 3.05) is 11.9 Å². The van der Waals surface area contributed by atoms with Crippen LogP contribution in [0.25, 0.3) is 0 Å². The monoisotopic (exact) mass is 301 g/mol. The molecular weight excluding hydrogens is 278 g/mol. The molecule has 4 heteroatoms. The molecule has 0 aliphatic carbocycles. The van der Waals surface area contributed by atoms with Crippen LogP contribution >= 0.6 is 11.8 Å². The highest BCUT2D eigenvalue weighted by atomic mass is 32.2. The predicted octanol–water partition coefficient (Wildman–Crippen LogP) is 4.52. The topological polar surface area (TPSA) is 37.8 Å². The van der Waals surface area contributed by atoms with Crippen LogP contribution in [0.15, 0.2) is 29.3 Å². The van der Waals surface area contributed by atoms with Crippen molar-refractivity contribution in [2.24, 2.45) is 0 Å². The van der Waals surface area contributed by atoms with Crippen LogP contribution in [0.2, 0.25) is 0 Å². The highest BCUT2D eigenvalue weighted by Crippen LogP contribution is 2.23. The number of thioether (sulfide) groups is 1. The molecule has 0 bridgehead atoms. The van der Waals surface area contributed by atoms with Crippen LogP contribution in [0, 0.1) is 20.8 Å². The van der Waals surface area contributed by atoms with Crippen LogP contribution in [0.4, 0.5) is 5.95 Å². The molecule has 21 heavy (non-hydrogen) atoms. The first-order valence-electron chi connectivity index (χ1n) is 7.36. The molecule has 0 atom stereocenters. The summed E-state index contributed by atoms with van der Waals surface area (Å²) in [6.07, 6.45) is 1.07. The van der Waals surface area contributed by atoms with Gasteiger partial charge >= 0.3 is 0 Å². The van der Waals surface area contributed by atoms with Crippen LogP contribution in [0.3, 0.4) is 0 Å². The molecule has 0 unspecified atom stereocenters. The van der Waals surface area contributed by atoms with E-state index in [0.717, 1.165) is 35.4 Å². The van der Waals surface area contributed by atoms with Gasteiger partial charge in [-0.15, -0.1) is 11.8 Å². The van der Waals surface area contributed by atoms with E-state index >= 15 is 0 Å². The third kappa shape index (κ3) is 5.05. The van der Waals surface area contributed by atoms with E-state index in [1.807, 2.05) is 13.0 Å². The van der Waals surface area contributed by atoms with Gasteiger partial charge in [-0.2, -0.15) is 0 Å². The minimum atomic E-state index is 0.736. The van der Waals surface area contributed by atoms with Gasteiger partial charge in [0, 0.05) is 18.0 Å². The SMILES string of the molecule is CCCNc1nc(C)cc(SCc2cc(C)cc(C)c2)n1. The number of aryl methyl sites for hydroxylation is 3. The van der Waals surface area contributed by atoms with E-state index in [9.17, 15) is 0 Å². The molecule has 0 saturated carbocycles. The fourth-order valence-corrected chi connectivity index (χ4v) is 3.13. The lowest BCUT2D eigenvalue weighted by atomic mass is 10.1. The lowest BCUT2D eigenvalue weighted by Gasteiger charge is -2.08. The van der Waals surface area contributed by atoms with E-state index in [1.165, 1.54) is 16.7 Å². The Morgan fingerprint density at radius 2 is 1.71 bits per heavy atom. The van der Waals surface area contributed by atoms with Crippen LogP contribution < -0.4 is 5.32 Å². The van der Waals surface area contributed by atoms with Crippen LogP contribution in [0.1, 0.15) is 35.7 Å². The molecule has 0 spiro atoms. The summed E-state index contributed by atoms with van der Waals surface area (Å²) in [6, 6.07) is 8.73. The number of hydrogen-bond acceptors (Lipinski definition) is 4. The summed E-state index contributed by atoms with van der Waals surface area (Å²) in [5.41, 5.74) is 4.98. The number of hydrogen-bond donors (Lipinski definition) is 1. The van der Waals surface area contributed by atoms with Crippen molar-refractivity contribution in [2.45, 2.75) is 44.9 Å². The zero-order valence-electron chi connectivity index (χ0n) is 13.2. The molecule has 1 N–H and O–H groups in total. The highest BCUT2D eigenvalue weighted by molar-refractivity contribution is 7.98. The largest absolute Gasteiger partial charge is 0.354 e. The van der Waals surface area contributed by atoms with Gasteiger partial charge in [0.1, 0.15) is 5.03 Å². The van der Waals surface area contributed by atoms with Gasteiger partial charge in [-0.05, 0) is 38.8 Å². The summed E-state index contributed by atoms with van der Waals surface area (Å²) in [5.74, 6) is 1.67. The number of anilines is 1. The molecule has 0 fully saturated rings. The van der Waals surface area contributed by atoms with E-state index in [4.69, 9.17) is 0 Å². The second kappa shape index (κ2) is 7.46. The fourth-order valence-electron chi connectivity index (χ4n) is 2.24. The molecular formula is C17H23N3S. The smallest absolute Gasteiger partial charge is 0.223 e. The van der Waals surface area contributed by atoms with Crippen molar-refractivity contribution >= 4 is 17.7 Å². The van der Waals surface area contributed by atoms with Crippen molar-refractivity contribution in [3.05, 3.63) is 46.6 Å². The predicted molar refractivity (Wildman–Crippen MR) is 91.0 cm³/mol. The zero-order chi connectivity index (χ0) is 15.2. The molecule has 2 rings (SSSR count). The molecule has 0 aliphatic rings. The first-order valence-corrected chi connectivity index (χ1v) is 8.35. The summed E-state index contributed by atoms with van der Waals surface area (Å²) in [4.78, 5) is 8.99. The van der Waals surface area contributed by atoms with Crippen molar-refractivity contribution in [1.82, 2.24) is 9.97 Å². The molecule has 2 aromatic rings. The number of aromatic nitrogens is 2. The van der Waals surface area contributed by atoms with Gasteiger partial charge < -0.3 is 5.32 Å². The van der Waals surface area contributed by atoms with Crippen LogP contribution in [-0.4, -0.2) is 16.5 Å². The minimum Gasteiger partial charge on any atom is -0.354 e. The number of nitrogens with zero attached hydrogens (tertiary/aromatic N) is 2. The second-order valence-corrected chi connectivity index (χ2v) is 6.38. The van der Waals surface area contributed by atoms with E-state index in [1.54, 1.807) is 11.8 Å². The molecule has 1 aromatic heterocycles. The summed E-state index contributed by atoms with van der Waals surface area (Å²) in [6.45, 7) is 9.34. The quantitative estimate of drug-likeness (QED) is 0.629. The molecule has 0 radical (unpaired) electrons. The van der Waals surface area contributed by atoms with E-state index in [2.05, 4.69) is 54.3 Å². The third-order valence-corrected chi connectivity index (χ3v) is 4.01. The minimum absolute atomic E-state index is 0.736. The Labute approximate surface area is 131 Å². The van der Waals surface area contributed by atoms with Crippen molar-refractivity contribution in [3.63, 3.8) is 0 Å². The van der Waals surface area contributed by atoms with Gasteiger partial charge in [0.15, 0.2) is 0 Å². The zero-order valence-corrected chi connectivity index (χ0v) is 14.0. The van der Waals surface area contributed by atoms with Gasteiger partial charge in [-0.3, -0.25) is 0 Å². The summed E-state index contributed by atoms with van der Waals surface area (Å²) in [7, 11) is 0. The number of nitrogens with one attached hydrogen (secondary N) is 1. The average Bonchev–Trinajstić information content (AvgIpc) is 2.41. The Morgan fingerprint density at radius 3 is 2.38 bits per heavy atom. The Hall–Kier alpha value is -1.55. The lowest BCUT2D eigenvalue weighted by Crippen LogP contribution is -2.05. The van der Waals surface area contributed by atoms with Gasteiger partial charge in [-0.1, -0.05) is 36.2 Å². The first kappa shape index (κ1) is 15.8. The first-order chi connectivity index (χ1) is 10.1. The maximum absolute atomic E-state index is 4.57. The number of rotatable bonds is 6. The molecule has 112 valence electrons. The van der Waals surface area contributed by atoms with E-state index in [-0.39, 0.29) is 0 Å². The van der Waals surface area contributed by atoms with Crippen LogP contribution in [0.5, 0.6) is 0 Å². The third-order valence-electron chi connectivity index (χ3n) is 3.03. The summed E-state index contributed by atoms with van der Waals surface area (Å²) < 4.78 is 0. The normalized spacial score (nSPS) is 10.7. The van der Waals surface area contributed by atoms with Crippen molar-refractivity contribution in [3.8, 4) is 0 Å². The van der Waals surface area contributed by atoms with Gasteiger partial charge in [0.25, 0.3) is 0 Å². The van der Waals surface area contributed by atoms with Gasteiger partial charge in [0.05, 0.1) is 0 Å². The average molecular weight is 301 g/mol.